The molecule has 3 fully saturated rings. The van der Waals surface area contributed by atoms with Gasteiger partial charge in [-0.1, -0.05) is 56.4 Å². The van der Waals surface area contributed by atoms with Crippen molar-refractivity contribution in [2.45, 2.75) is 82.0 Å². The monoisotopic (exact) mass is 412 g/mol. The predicted octanol–water partition coefficient (Wildman–Crippen LogP) is 4.67. The number of hydrogen-bond acceptors (Lipinski definition) is 3. The van der Waals surface area contributed by atoms with E-state index in [2.05, 4.69) is 24.4 Å². The molecule has 3 aliphatic rings. The summed E-state index contributed by atoms with van der Waals surface area (Å²) < 4.78 is 0. The molecule has 2 aliphatic carbocycles. The molecule has 1 saturated heterocycles. The van der Waals surface area contributed by atoms with Crippen molar-refractivity contribution in [1.29, 1.82) is 0 Å². The lowest BCUT2D eigenvalue weighted by molar-refractivity contribution is -0.136. The minimum absolute atomic E-state index is 0.0108. The second-order valence-electron chi connectivity index (χ2n) is 8.71. The summed E-state index contributed by atoms with van der Waals surface area (Å²) in [6, 6.07) is 8.64. The van der Waals surface area contributed by atoms with Crippen LogP contribution in [0.4, 0.5) is 0 Å². The smallest absolute Gasteiger partial charge is 0.261 e. The normalized spacial score (nSPS) is 27.0. The minimum Gasteiger partial charge on any atom is -0.352 e. The predicted molar refractivity (Wildman–Crippen MR) is 120 cm³/mol. The number of thioether (sulfide) groups is 1. The Balaban J connectivity index is 1.52. The highest BCUT2D eigenvalue weighted by molar-refractivity contribution is 8.04. The standard InChI is InChI=1S/C24H32N2O2S/c1-17-9-5-6-10-18(17)15-22-24(28)26(20-13-7-8-14-21(20)29-22)16-23(27)25-19-11-3-2-4-12-19/h5-6,9-10,15,19-21H,2-4,7-8,11-14,16H2,1H3,(H,25,27)/b22-15-. The average Bonchev–Trinajstić information content (AvgIpc) is 2.73. The molecule has 0 aromatic heterocycles. The van der Waals surface area contributed by atoms with Crippen molar-refractivity contribution in [3.05, 3.63) is 40.3 Å². The van der Waals surface area contributed by atoms with E-state index >= 15 is 0 Å². The lowest BCUT2D eigenvalue weighted by atomic mass is 9.92. The molecule has 0 radical (unpaired) electrons. The number of nitrogens with zero attached hydrogens (tertiary/aromatic N) is 1. The second-order valence-corrected chi connectivity index (χ2v) is 9.99. The summed E-state index contributed by atoms with van der Waals surface area (Å²) in [5, 5.41) is 3.60. The van der Waals surface area contributed by atoms with Gasteiger partial charge >= 0.3 is 0 Å². The van der Waals surface area contributed by atoms with Gasteiger partial charge in [0.2, 0.25) is 5.91 Å². The van der Waals surface area contributed by atoms with Crippen molar-refractivity contribution in [3.8, 4) is 0 Å². The summed E-state index contributed by atoms with van der Waals surface area (Å²) in [5.74, 6) is 0.0388. The summed E-state index contributed by atoms with van der Waals surface area (Å²) in [6.45, 7) is 2.27. The number of carbonyl (C=O) groups is 2. The highest BCUT2D eigenvalue weighted by Gasteiger charge is 2.41. The number of nitrogens with one attached hydrogen (secondary N) is 1. The molecule has 1 aromatic carbocycles. The molecule has 4 nitrogen and oxygen atoms in total. The molecular formula is C24H32N2O2S. The van der Waals surface area contributed by atoms with E-state index in [9.17, 15) is 9.59 Å². The first-order valence-electron chi connectivity index (χ1n) is 11.2. The van der Waals surface area contributed by atoms with Crippen LogP contribution in [0, 0.1) is 6.92 Å². The van der Waals surface area contributed by atoms with Gasteiger partial charge in [-0.25, -0.2) is 0 Å². The molecule has 5 heteroatoms. The molecule has 2 unspecified atom stereocenters. The lowest BCUT2D eigenvalue weighted by Gasteiger charge is -2.44. The van der Waals surface area contributed by atoms with Crippen LogP contribution in [-0.4, -0.2) is 40.6 Å². The van der Waals surface area contributed by atoms with Crippen LogP contribution in [0.3, 0.4) is 0 Å². The van der Waals surface area contributed by atoms with Gasteiger partial charge in [-0.15, -0.1) is 11.8 Å². The molecule has 1 aromatic rings. The molecular weight excluding hydrogens is 380 g/mol. The van der Waals surface area contributed by atoms with E-state index in [1.807, 2.05) is 23.1 Å². The van der Waals surface area contributed by atoms with Gasteiger partial charge in [-0.05, 0) is 49.8 Å². The summed E-state index contributed by atoms with van der Waals surface area (Å²) in [4.78, 5) is 28.8. The van der Waals surface area contributed by atoms with Crippen molar-refractivity contribution < 1.29 is 9.59 Å². The number of fused-ring (bicyclic) bond motifs is 1. The first kappa shape index (κ1) is 20.5. The fourth-order valence-corrected chi connectivity index (χ4v) is 6.39. The Morgan fingerprint density at radius 2 is 1.83 bits per heavy atom. The quantitative estimate of drug-likeness (QED) is 0.731. The van der Waals surface area contributed by atoms with Gasteiger partial charge in [0.25, 0.3) is 5.91 Å². The van der Waals surface area contributed by atoms with E-state index in [0.717, 1.165) is 42.6 Å². The largest absolute Gasteiger partial charge is 0.352 e. The fraction of sp³-hybridized carbons (Fsp3) is 0.583. The first-order valence-corrected chi connectivity index (χ1v) is 12.0. The van der Waals surface area contributed by atoms with E-state index in [0.29, 0.717) is 5.25 Å². The van der Waals surface area contributed by atoms with Gasteiger partial charge in [-0.3, -0.25) is 9.59 Å². The number of carbonyl (C=O) groups excluding carboxylic acids is 2. The molecule has 0 bridgehead atoms. The average molecular weight is 413 g/mol. The Kier molecular flexibility index (Phi) is 6.63. The molecule has 1 heterocycles. The molecule has 1 aliphatic heterocycles. The van der Waals surface area contributed by atoms with E-state index in [1.54, 1.807) is 11.8 Å². The van der Waals surface area contributed by atoms with E-state index in [1.165, 1.54) is 31.2 Å². The van der Waals surface area contributed by atoms with Crippen molar-refractivity contribution in [2.24, 2.45) is 0 Å². The van der Waals surface area contributed by atoms with Crippen LogP contribution < -0.4 is 5.32 Å². The van der Waals surface area contributed by atoms with Gasteiger partial charge in [-0.2, -0.15) is 0 Å². The van der Waals surface area contributed by atoms with Crippen LogP contribution in [-0.2, 0) is 9.59 Å². The maximum absolute atomic E-state index is 13.4. The number of rotatable bonds is 4. The van der Waals surface area contributed by atoms with Crippen LogP contribution >= 0.6 is 11.8 Å². The Labute approximate surface area is 178 Å². The Morgan fingerprint density at radius 3 is 2.62 bits per heavy atom. The molecule has 1 N–H and O–H groups in total. The zero-order chi connectivity index (χ0) is 20.2. The number of aryl methyl sites for hydroxylation is 1. The lowest BCUT2D eigenvalue weighted by Crippen LogP contribution is -2.55. The maximum Gasteiger partial charge on any atom is 0.261 e. The van der Waals surface area contributed by atoms with Crippen molar-refractivity contribution in [1.82, 2.24) is 10.2 Å². The zero-order valence-corrected chi connectivity index (χ0v) is 18.2. The second kappa shape index (κ2) is 9.38. The molecule has 2 atom stereocenters. The third-order valence-electron chi connectivity index (χ3n) is 6.58. The summed E-state index contributed by atoms with van der Waals surface area (Å²) in [7, 11) is 0. The van der Waals surface area contributed by atoms with Crippen LogP contribution in [0.1, 0.15) is 68.9 Å². The van der Waals surface area contributed by atoms with Crippen LogP contribution in [0.15, 0.2) is 29.2 Å². The molecule has 29 heavy (non-hydrogen) atoms. The third kappa shape index (κ3) is 4.88. The van der Waals surface area contributed by atoms with E-state index < -0.39 is 0 Å². The molecule has 4 rings (SSSR count). The summed E-state index contributed by atoms with van der Waals surface area (Å²) in [5.41, 5.74) is 2.25. The van der Waals surface area contributed by atoms with Gasteiger partial charge in [0.15, 0.2) is 0 Å². The van der Waals surface area contributed by atoms with Gasteiger partial charge in [0, 0.05) is 17.3 Å². The Bertz CT molecular complexity index is 785. The van der Waals surface area contributed by atoms with Crippen molar-refractivity contribution >= 4 is 29.7 Å². The zero-order valence-electron chi connectivity index (χ0n) is 17.4. The van der Waals surface area contributed by atoms with Crippen LogP contribution in [0.25, 0.3) is 6.08 Å². The van der Waals surface area contributed by atoms with Gasteiger partial charge < -0.3 is 10.2 Å². The molecule has 0 spiro atoms. The number of benzene rings is 1. The van der Waals surface area contributed by atoms with Crippen molar-refractivity contribution in [3.63, 3.8) is 0 Å². The van der Waals surface area contributed by atoms with Gasteiger partial charge in [0.05, 0.1) is 4.91 Å². The van der Waals surface area contributed by atoms with Crippen LogP contribution in [0.5, 0.6) is 0 Å². The highest BCUT2D eigenvalue weighted by atomic mass is 32.2. The number of hydrogen-bond donors (Lipinski definition) is 1. The Hall–Kier alpha value is -1.75. The SMILES string of the molecule is Cc1ccccc1/C=C1\SC2CCCCC2N(CC(=O)NC2CCCCC2)C1=O. The van der Waals surface area contributed by atoms with Gasteiger partial charge in [0.1, 0.15) is 6.54 Å². The first-order chi connectivity index (χ1) is 14.1. The highest BCUT2D eigenvalue weighted by Crippen LogP contribution is 2.42. The topological polar surface area (TPSA) is 49.4 Å². The summed E-state index contributed by atoms with van der Waals surface area (Å²) >= 11 is 1.73. The molecule has 156 valence electrons. The fourth-order valence-electron chi connectivity index (χ4n) is 4.93. The van der Waals surface area contributed by atoms with Crippen LogP contribution in [0.2, 0.25) is 0 Å². The maximum atomic E-state index is 13.4. The molecule has 2 saturated carbocycles. The molecule has 2 amide bonds. The van der Waals surface area contributed by atoms with E-state index in [4.69, 9.17) is 0 Å². The third-order valence-corrected chi connectivity index (χ3v) is 7.98. The van der Waals surface area contributed by atoms with E-state index in [-0.39, 0.29) is 30.4 Å². The minimum atomic E-state index is 0.0108. The summed E-state index contributed by atoms with van der Waals surface area (Å²) in [6.07, 6.45) is 12.3. The van der Waals surface area contributed by atoms with Crippen molar-refractivity contribution in [2.75, 3.05) is 6.54 Å². The number of amides is 2. The Morgan fingerprint density at radius 1 is 1.10 bits per heavy atom.